The molecular formula is C65H81N16O13P3S3. The van der Waals surface area contributed by atoms with Crippen LogP contribution in [0.3, 0.4) is 0 Å². The standard InChI is InChI=1S/C65H81N16O13P3S3/c1-96(86,98)90-30-11-3-2-10-28-70-52(82)16-8-9-17-53(83)79-34-43-12-4-5-13-48(43)57(56(66)49-14-6-7-15-50(49)79)71-29-31-88-45-24-20-42(21-25-45)64(85)93-46-22-18-41(19-23-46)37-100-95(89-35-47-26-27-54(92-47)80-39-74-58-60(67)72-38-73-61(58)80)76-33-44-32-55(94-51(44)36-91-97(69,87)99)81-40-75-59-62(81)77-65(68)78-63(59)84/h4-7,12-15,18-25,38-40,44,47,51,54-55,71,76H,2-3,8-11,16-17,26-37,66H2,1H3,(H,70,82)(H,86,98)(H2,67,72,73)(H3,69,87,99)(H3,68,77,78,84)/b57-56-/t44?,47-,51+,54+,55+,95+,96?,97+/m0/s1. The number of hydrogen-bond acceptors (Lipinski definition) is 24. The van der Waals surface area contributed by atoms with Crippen LogP contribution in [0.4, 0.5) is 17.5 Å². The van der Waals surface area contributed by atoms with Gasteiger partial charge in [-0.25, -0.2) is 24.7 Å². The van der Waals surface area contributed by atoms with E-state index in [1.165, 1.54) is 19.3 Å². The molecule has 0 saturated carbocycles. The SMILES string of the molecule is CP(O)(=S)OCCCCCCNC(=O)CCCCC(=O)N1Cc2ccccc2/C(NCCOc2ccc(C(=O)Oc3ccc(CS[P@](NCC4C[C@H](n5cnc6c(=O)[nH]c(N)nc65)O[C@@H]4CO[P@@](N)(=O)S)OC[C@@H]4CC[C@H](n5cnc6c(N)ncnc65)O4)cc3)cc2)=C(/N)c2ccccc21. The zero-order valence-corrected chi connectivity index (χ0v) is 60.0. The Balaban J connectivity index is 0.664. The Kier molecular flexibility index (Phi) is 25.5. The molecule has 4 aromatic heterocycles. The number of nitrogen functional groups attached to an aromatic ring is 2. The minimum atomic E-state index is -3.70. The van der Waals surface area contributed by atoms with Crippen molar-refractivity contribution >= 4 is 125 Å². The second kappa shape index (κ2) is 34.5. The average Bonchev–Trinajstić information content (AvgIpc) is 1.31. The van der Waals surface area contributed by atoms with Gasteiger partial charge in [0.1, 0.15) is 42.4 Å². The lowest BCUT2D eigenvalue weighted by atomic mass is 9.95. The number of aromatic nitrogens is 8. The number of esters is 1. The van der Waals surface area contributed by atoms with Crippen LogP contribution in [-0.2, 0) is 61.3 Å². The van der Waals surface area contributed by atoms with Gasteiger partial charge in [-0.3, -0.25) is 43.7 Å². The van der Waals surface area contributed by atoms with Crippen LogP contribution in [0.15, 0.2) is 121 Å². The lowest BCUT2D eigenvalue weighted by Gasteiger charge is -2.30. The van der Waals surface area contributed by atoms with Crippen LogP contribution in [-0.4, -0.2) is 127 Å². The number of nitrogens with zero attached hydrogens (tertiary/aromatic N) is 8. The monoisotopic (exact) mass is 1480 g/mol. The second-order valence-electron chi connectivity index (χ2n) is 24.2. The van der Waals surface area contributed by atoms with Gasteiger partial charge in [0.15, 0.2) is 36.6 Å². The van der Waals surface area contributed by atoms with E-state index in [9.17, 15) is 28.6 Å². The molecule has 3 aliphatic heterocycles. The zero-order valence-electron chi connectivity index (χ0n) is 54.8. The Morgan fingerprint density at radius 2 is 1.54 bits per heavy atom. The summed E-state index contributed by atoms with van der Waals surface area (Å²) in [5.74, 6) is 0.667. The van der Waals surface area contributed by atoms with Gasteiger partial charge in [0.05, 0.1) is 73.9 Å². The summed E-state index contributed by atoms with van der Waals surface area (Å²) < 4.78 is 58.3. The summed E-state index contributed by atoms with van der Waals surface area (Å²) in [6, 6.07) is 29.3. The van der Waals surface area contributed by atoms with Gasteiger partial charge in [0, 0.05) is 61.9 Å². The fourth-order valence-electron chi connectivity index (χ4n) is 11.8. The molecule has 0 spiro atoms. The molecule has 13 N–H and O–H groups in total. The predicted octanol–water partition coefficient (Wildman–Crippen LogP) is 9.19. The molecule has 2 unspecified atom stereocenters. The minimum absolute atomic E-state index is 0.0379. The number of nitrogens with two attached hydrogens (primary N) is 4. The molecule has 2 amide bonds. The molecule has 3 aliphatic rings. The molecule has 4 aromatic carbocycles. The molecule has 100 heavy (non-hydrogen) atoms. The van der Waals surface area contributed by atoms with Gasteiger partial charge in [-0.05, 0) is 110 Å². The van der Waals surface area contributed by atoms with Gasteiger partial charge in [-0.2, -0.15) is 4.98 Å². The molecule has 8 atom stereocenters. The maximum absolute atomic E-state index is 14.1. The molecule has 0 radical (unpaired) electrons. The normalized spacial score (nSPS) is 19.8. The van der Waals surface area contributed by atoms with Gasteiger partial charge in [0.25, 0.3) is 5.56 Å². The van der Waals surface area contributed by atoms with Crippen LogP contribution in [0.25, 0.3) is 33.7 Å². The highest BCUT2D eigenvalue weighted by molar-refractivity contribution is 8.53. The summed E-state index contributed by atoms with van der Waals surface area (Å²) in [5.41, 5.74) is 31.2. The van der Waals surface area contributed by atoms with E-state index in [1.54, 1.807) is 63.6 Å². The first-order valence-electron chi connectivity index (χ1n) is 32.7. The van der Waals surface area contributed by atoms with Gasteiger partial charge < -0.3 is 70.1 Å². The van der Waals surface area contributed by atoms with Gasteiger partial charge >= 0.3 is 12.7 Å². The third-order valence-electron chi connectivity index (χ3n) is 16.9. The van der Waals surface area contributed by atoms with Crippen LogP contribution in [0.1, 0.15) is 116 Å². The highest BCUT2D eigenvalue weighted by Gasteiger charge is 2.39. The van der Waals surface area contributed by atoms with E-state index in [0.29, 0.717) is 128 Å². The van der Waals surface area contributed by atoms with Crippen molar-refractivity contribution in [1.82, 2.24) is 54.8 Å². The van der Waals surface area contributed by atoms with E-state index >= 15 is 0 Å². The number of carbonyl (C=O) groups excluding carboxylic acids is 3. The molecule has 8 aromatic rings. The van der Waals surface area contributed by atoms with Crippen molar-refractivity contribution in [3.8, 4) is 11.5 Å². The first-order valence-corrected chi connectivity index (χ1v) is 41.5. The quantitative estimate of drug-likeness (QED) is 0.00590. The number of ether oxygens (including phenoxy) is 4. The van der Waals surface area contributed by atoms with Gasteiger partial charge in [-0.1, -0.05) is 91.1 Å². The molecular weight excluding hydrogens is 1400 g/mol. The first-order chi connectivity index (χ1) is 48.2. The van der Waals surface area contributed by atoms with Gasteiger partial charge in [0.2, 0.25) is 17.8 Å². The van der Waals surface area contributed by atoms with E-state index < -0.39 is 44.6 Å². The number of imidazole rings is 2. The summed E-state index contributed by atoms with van der Waals surface area (Å²) in [7, 11) is -1.44. The molecule has 2 fully saturated rings. The molecule has 0 bridgehead atoms. The highest BCUT2D eigenvalue weighted by Crippen LogP contribution is 2.51. The Labute approximate surface area is 592 Å². The highest BCUT2D eigenvalue weighted by atomic mass is 32.7. The zero-order chi connectivity index (χ0) is 70.3. The number of carbonyl (C=O) groups is 3. The number of anilines is 3. The van der Waals surface area contributed by atoms with Gasteiger partial charge in [-0.15, -0.1) is 0 Å². The number of thiol groups is 1. The number of fused-ring (bicyclic) bond motifs is 4. The third-order valence-corrected chi connectivity index (χ3v) is 22.0. The maximum atomic E-state index is 14.1. The summed E-state index contributed by atoms with van der Waals surface area (Å²) >= 11 is 10.4. The van der Waals surface area contributed by atoms with Crippen molar-refractivity contribution in [2.45, 2.75) is 108 Å². The Hall–Kier alpha value is -7.38. The third kappa shape index (κ3) is 20.0. The van der Waals surface area contributed by atoms with Crippen molar-refractivity contribution in [3.05, 3.63) is 154 Å². The van der Waals surface area contributed by atoms with E-state index in [0.717, 1.165) is 42.4 Å². The smallest absolute Gasteiger partial charge is 0.343 e. The summed E-state index contributed by atoms with van der Waals surface area (Å²) in [6.07, 6.45) is 9.60. The van der Waals surface area contributed by atoms with Crippen molar-refractivity contribution in [2.24, 2.45) is 17.2 Å². The number of amides is 2. The first kappa shape index (κ1) is 73.8. The number of para-hydroxylation sites is 1. The number of nitrogens with one attached hydrogen (secondary N) is 4. The topological polar surface area (TPSA) is 404 Å². The predicted molar refractivity (Wildman–Crippen MR) is 391 cm³/mol. The Morgan fingerprint density at radius 1 is 0.810 bits per heavy atom. The second-order valence-corrected chi connectivity index (χ2v) is 34.6. The average molecular weight is 1480 g/mol. The van der Waals surface area contributed by atoms with Crippen LogP contribution >= 0.6 is 44.3 Å². The molecule has 0 aliphatic carbocycles. The number of hydrogen-bond donors (Lipinski definition) is 10. The molecule has 29 nitrogen and oxygen atoms in total. The van der Waals surface area contributed by atoms with E-state index in [2.05, 4.69) is 57.9 Å². The number of unbranched alkanes of at least 4 members (excludes halogenated alkanes) is 4. The lowest BCUT2D eigenvalue weighted by Crippen LogP contribution is -2.34. The van der Waals surface area contributed by atoms with Crippen molar-refractivity contribution in [2.75, 3.05) is 69.1 Å². The Morgan fingerprint density at radius 3 is 2.33 bits per heavy atom. The van der Waals surface area contributed by atoms with E-state index in [1.807, 2.05) is 65.2 Å². The summed E-state index contributed by atoms with van der Waals surface area (Å²) in [6.45, 7) is -2.37. The van der Waals surface area contributed by atoms with Crippen LogP contribution in [0.2, 0.25) is 0 Å². The largest absolute Gasteiger partial charge is 0.492 e. The van der Waals surface area contributed by atoms with Crippen molar-refractivity contribution < 1.29 is 56.4 Å². The van der Waals surface area contributed by atoms with Crippen LogP contribution in [0, 0.1) is 5.92 Å². The fourth-order valence-corrected chi connectivity index (χ4v) is 16.2. The molecule has 35 heteroatoms. The van der Waals surface area contributed by atoms with E-state index in [4.69, 9.17) is 67.0 Å². The molecule has 7 heterocycles. The molecule has 532 valence electrons. The number of aromatic amines is 1. The Bertz CT molecular complexity index is 4350. The lowest BCUT2D eigenvalue weighted by molar-refractivity contribution is -0.122. The molecule has 2 saturated heterocycles. The summed E-state index contributed by atoms with van der Waals surface area (Å²) in [4.78, 5) is 88.1. The fraction of sp³-hybridized carbons (Fsp3) is 0.400. The maximum Gasteiger partial charge on any atom is 0.343 e. The van der Waals surface area contributed by atoms with Crippen LogP contribution in [0.5, 0.6) is 11.5 Å². The minimum Gasteiger partial charge on any atom is -0.492 e. The number of H-pyrrole nitrogens is 1. The van der Waals surface area contributed by atoms with Crippen molar-refractivity contribution in [1.29, 1.82) is 0 Å². The van der Waals surface area contributed by atoms with Crippen molar-refractivity contribution in [3.63, 3.8) is 0 Å². The van der Waals surface area contributed by atoms with E-state index in [-0.39, 0.29) is 79.2 Å². The van der Waals surface area contributed by atoms with Crippen LogP contribution < -0.4 is 58.4 Å². The molecule has 11 rings (SSSR count). The number of rotatable bonds is 34. The number of benzene rings is 4. The summed E-state index contributed by atoms with van der Waals surface area (Å²) in [5, 5.41) is 10.1.